The third-order valence-electron chi connectivity index (χ3n) is 4.23. The van der Waals surface area contributed by atoms with E-state index in [0.717, 1.165) is 12.5 Å². The zero-order valence-corrected chi connectivity index (χ0v) is 10.8. The van der Waals surface area contributed by atoms with E-state index in [2.05, 4.69) is 29.8 Å². The van der Waals surface area contributed by atoms with Crippen molar-refractivity contribution in [1.82, 2.24) is 0 Å². The molecule has 0 saturated heterocycles. The molecule has 1 nitrogen and oxygen atoms in total. The first-order chi connectivity index (χ1) is 6.73. The molecule has 2 unspecified atom stereocenters. The van der Waals surface area contributed by atoms with E-state index < -0.39 is 0 Å². The molecule has 2 heteroatoms. The highest BCUT2D eigenvalue weighted by Gasteiger charge is 2.52. The standard InChI is InChI=1S/C12H21BrO/c1-3-12(4-2)10(13)7-11(12)14-8-9-5-6-9/h9-11H,3-8H2,1-2H3. The molecule has 2 fully saturated rings. The van der Waals surface area contributed by atoms with Crippen LogP contribution in [0.3, 0.4) is 0 Å². The predicted molar refractivity (Wildman–Crippen MR) is 62.8 cm³/mol. The van der Waals surface area contributed by atoms with Crippen LogP contribution in [0.4, 0.5) is 0 Å². The van der Waals surface area contributed by atoms with Crippen molar-refractivity contribution in [2.24, 2.45) is 11.3 Å². The molecule has 0 amide bonds. The van der Waals surface area contributed by atoms with Gasteiger partial charge in [-0.3, -0.25) is 0 Å². The van der Waals surface area contributed by atoms with Crippen LogP contribution in [0, 0.1) is 11.3 Å². The Morgan fingerprint density at radius 1 is 1.29 bits per heavy atom. The van der Waals surface area contributed by atoms with Gasteiger partial charge in [-0.25, -0.2) is 0 Å². The van der Waals surface area contributed by atoms with Gasteiger partial charge >= 0.3 is 0 Å². The average molecular weight is 261 g/mol. The van der Waals surface area contributed by atoms with Gasteiger partial charge in [0.25, 0.3) is 0 Å². The summed E-state index contributed by atoms with van der Waals surface area (Å²) in [6, 6.07) is 0. The molecule has 0 N–H and O–H groups in total. The normalized spacial score (nSPS) is 35.4. The second-order valence-corrected chi connectivity index (χ2v) is 6.01. The SMILES string of the molecule is CCC1(CC)C(Br)CC1OCC1CC1. The van der Waals surface area contributed by atoms with Gasteiger partial charge in [-0.15, -0.1) is 0 Å². The minimum absolute atomic E-state index is 0.439. The zero-order valence-electron chi connectivity index (χ0n) is 9.26. The Bertz CT molecular complexity index is 196. The fraction of sp³-hybridized carbons (Fsp3) is 1.00. The largest absolute Gasteiger partial charge is 0.377 e. The summed E-state index contributed by atoms with van der Waals surface area (Å²) in [7, 11) is 0. The first kappa shape index (κ1) is 10.9. The van der Waals surface area contributed by atoms with Gasteiger partial charge in [-0.05, 0) is 38.0 Å². The van der Waals surface area contributed by atoms with Crippen molar-refractivity contribution < 1.29 is 4.74 Å². The molecule has 0 heterocycles. The van der Waals surface area contributed by atoms with Gasteiger partial charge in [0.15, 0.2) is 0 Å². The van der Waals surface area contributed by atoms with Crippen molar-refractivity contribution in [3.8, 4) is 0 Å². The van der Waals surface area contributed by atoms with Crippen LogP contribution in [0.5, 0.6) is 0 Å². The average Bonchev–Trinajstić information content (AvgIpc) is 2.98. The molecule has 82 valence electrons. The van der Waals surface area contributed by atoms with Crippen LogP contribution < -0.4 is 0 Å². The van der Waals surface area contributed by atoms with Gasteiger partial charge in [0.1, 0.15) is 0 Å². The molecular formula is C12H21BrO. The van der Waals surface area contributed by atoms with E-state index in [-0.39, 0.29) is 0 Å². The Kier molecular flexibility index (Phi) is 3.23. The third-order valence-corrected chi connectivity index (χ3v) is 5.52. The molecule has 0 aromatic rings. The first-order valence-corrected chi connectivity index (χ1v) is 6.90. The maximum absolute atomic E-state index is 6.04. The van der Waals surface area contributed by atoms with Crippen molar-refractivity contribution >= 4 is 15.9 Å². The molecule has 0 spiro atoms. The highest BCUT2D eigenvalue weighted by atomic mass is 79.9. The van der Waals surface area contributed by atoms with E-state index in [0.29, 0.717) is 16.3 Å². The maximum Gasteiger partial charge on any atom is 0.0652 e. The third kappa shape index (κ3) is 1.76. The first-order valence-electron chi connectivity index (χ1n) is 5.98. The molecule has 2 aliphatic carbocycles. The predicted octanol–water partition coefficient (Wildman–Crippen LogP) is 3.76. The van der Waals surface area contributed by atoms with Crippen LogP contribution in [0.25, 0.3) is 0 Å². The summed E-state index contributed by atoms with van der Waals surface area (Å²) in [5, 5.41) is 0. The summed E-state index contributed by atoms with van der Waals surface area (Å²) < 4.78 is 6.04. The molecule has 14 heavy (non-hydrogen) atoms. The number of hydrogen-bond acceptors (Lipinski definition) is 1. The highest BCUT2D eigenvalue weighted by molar-refractivity contribution is 9.09. The van der Waals surface area contributed by atoms with E-state index in [1.165, 1.54) is 32.1 Å². The van der Waals surface area contributed by atoms with Crippen LogP contribution in [-0.2, 0) is 4.74 Å². The zero-order chi connectivity index (χ0) is 10.2. The van der Waals surface area contributed by atoms with Gasteiger partial charge in [-0.1, -0.05) is 29.8 Å². The second-order valence-electron chi connectivity index (χ2n) is 4.91. The van der Waals surface area contributed by atoms with Crippen LogP contribution in [0.1, 0.15) is 46.0 Å². The summed E-state index contributed by atoms with van der Waals surface area (Å²) >= 11 is 3.79. The second kappa shape index (κ2) is 4.13. The van der Waals surface area contributed by atoms with E-state index in [1.807, 2.05) is 0 Å². The van der Waals surface area contributed by atoms with Gasteiger partial charge in [0.05, 0.1) is 6.10 Å². The molecule has 0 aromatic heterocycles. The van der Waals surface area contributed by atoms with Crippen LogP contribution in [0.2, 0.25) is 0 Å². The quantitative estimate of drug-likeness (QED) is 0.685. The minimum atomic E-state index is 0.439. The smallest absolute Gasteiger partial charge is 0.0652 e. The lowest BCUT2D eigenvalue weighted by Crippen LogP contribution is -2.55. The molecule has 0 radical (unpaired) electrons. The molecular weight excluding hydrogens is 240 g/mol. The van der Waals surface area contributed by atoms with Gasteiger partial charge in [0, 0.05) is 16.8 Å². The van der Waals surface area contributed by atoms with Crippen molar-refractivity contribution in [2.75, 3.05) is 6.61 Å². The molecule has 0 aromatic carbocycles. The Morgan fingerprint density at radius 3 is 2.36 bits per heavy atom. The van der Waals surface area contributed by atoms with Gasteiger partial charge in [0.2, 0.25) is 0 Å². The van der Waals surface area contributed by atoms with Gasteiger partial charge in [-0.2, -0.15) is 0 Å². The Labute approximate surface area is 95.7 Å². The number of ether oxygens (including phenoxy) is 1. The Hall–Kier alpha value is 0.440. The van der Waals surface area contributed by atoms with E-state index in [4.69, 9.17) is 4.74 Å². The fourth-order valence-electron chi connectivity index (χ4n) is 2.62. The summed E-state index contributed by atoms with van der Waals surface area (Å²) in [6.45, 7) is 5.61. The lowest BCUT2D eigenvalue weighted by molar-refractivity contribution is -0.111. The minimum Gasteiger partial charge on any atom is -0.377 e. The van der Waals surface area contributed by atoms with Crippen LogP contribution in [-0.4, -0.2) is 17.5 Å². The fourth-order valence-corrected chi connectivity index (χ4v) is 3.90. The van der Waals surface area contributed by atoms with Crippen molar-refractivity contribution in [3.05, 3.63) is 0 Å². The molecule has 2 aliphatic rings. The van der Waals surface area contributed by atoms with Crippen LogP contribution >= 0.6 is 15.9 Å². The maximum atomic E-state index is 6.04. The van der Waals surface area contributed by atoms with Crippen molar-refractivity contribution in [3.63, 3.8) is 0 Å². The monoisotopic (exact) mass is 260 g/mol. The summed E-state index contributed by atoms with van der Waals surface area (Å²) in [5.41, 5.74) is 0.439. The van der Waals surface area contributed by atoms with E-state index in [9.17, 15) is 0 Å². The highest BCUT2D eigenvalue weighted by Crippen LogP contribution is 2.53. The number of rotatable bonds is 5. The van der Waals surface area contributed by atoms with E-state index >= 15 is 0 Å². The molecule has 2 atom stereocenters. The topological polar surface area (TPSA) is 9.23 Å². The Balaban J connectivity index is 1.85. The van der Waals surface area contributed by atoms with Crippen molar-refractivity contribution in [1.29, 1.82) is 0 Å². The molecule has 0 bridgehead atoms. The summed E-state index contributed by atoms with van der Waals surface area (Å²) in [4.78, 5) is 0.689. The van der Waals surface area contributed by atoms with Gasteiger partial charge < -0.3 is 4.74 Å². The number of hydrogen-bond donors (Lipinski definition) is 0. The number of halogens is 1. The summed E-state index contributed by atoms with van der Waals surface area (Å²) in [5.74, 6) is 0.899. The lowest BCUT2D eigenvalue weighted by atomic mass is 9.62. The molecule has 2 saturated carbocycles. The van der Waals surface area contributed by atoms with Crippen LogP contribution in [0.15, 0.2) is 0 Å². The van der Waals surface area contributed by atoms with E-state index in [1.54, 1.807) is 0 Å². The Morgan fingerprint density at radius 2 is 1.93 bits per heavy atom. The van der Waals surface area contributed by atoms with Crippen molar-refractivity contribution in [2.45, 2.75) is 56.9 Å². The lowest BCUT2D eigenvalue weighted by Gasteiger charge is -2.53. The number of alkyl halides is 1. The molecule has 2 rings (SSSR count). The molecule has 0 aliphatic heterocycles. The summed E-state index contributed by atoms with van der Waals surface area (Å²) in [6.07, 6.45) is 7.03.